The fraction of sp³-hybridized carbons (Fsp3) is 0.760. The number of ether oxygens (including phenoxy) is 1. The van der Waals surface area contributed by atoms with E-state index >= 15 is 0 Å². The van der Waals surface area contributed by atoms with E-state index < -0.39 is 0 Å². The summed E-state index contributed by atoms with van der Waals surface area (Å²) < 4.78 is 6.40. The molecule has 0 spiro atoms. The molecule has 0 aromatic heterocycles. The number of aliphatic hydroxyl groups excluding tert-OH is 1. The van der Waals surface area contributed by atoms with Gasteiger partial charge in [-0.25, -0.2) is 0 Å². The molecule has 1 N–H and O–H groups in total. The molecule has 2 aliphatic rings. The monoisotopic (exact) mass is 372 g/mol. The highest BCUT2D eigenvalue weighted by Gasteiger charge is 2.57. The highest BCUT2D eigenvalue weighted by atomic mass is 16.5. The molecule has 27 heavy (non-hydrogen) atoms. The van der Waals surface area contributed by atoms with Gasteiger partial charge in [-0.1, -0.05) is 83.7 Å². The van der Waals surface area contributed by atoms with Gasteiger partial charge in [0.15, 0.2) is 0 Å². The lowest BCUT2D eigenvalue weighted by molar-refractivity contribution is -0.102. The molecule has 2 aliphatic carbocycles. The summed E-state index contributed by atoms with van der Waals surface area (Å²) in [5, 5.41) is 11.0. The van der Waals surface area contributed by atoms with Crippen molar-refractivity contribution in [3.05, 3.63) is 35.9 Å². The van der Waals surface area contributed by atoms with Crippen LogP contribution >= 0.6 is 0 Å². The molecule has 1 aromatic rings. The first-order valence-electron chi connectivity index (χ1n) is 11.3. The Morgan fingerprint density at radius 1 is 1.15 bits per heavy atom. The second kappa shape index (κ2) is 9.09. The summed E-state index contributed by atoms with van der Waals surface area (Å²) in [5.74, 6) is 2.42. The van der Waals surface area contributed by atoms with Crippen molar-refractivity contribution in [2.45, 2.75) is 91.5 Å². The van der Waals surface area contributed by atoms with E-state index in [0.29, 0.717) is 24.4 Å². The van der Waals surface area contributed by atoms with Gasteiger partial charge in [-0.15, -0.1) is 0 Å². The Morgan fingerprint density at radius 2 is 1.89 bits per heavy atom. The van der Waals surface area contributed by atoms with Gasteiger partial charge >= 0.3 is 0 Å². The van der Waals surface area contributed by atoms with E-state index in [4.69, 9.17) is 4.74 Å². The van der Waals surface area contributed by atoms with Crippen LogP contribution < -0.4 is 0 Å². The molecule has 3 rings (SSSR count). The van der Waals surface area contributed by atoms with Crippen molar-refractivity contribution >= 4 is 0 Å². The Bertz CT molecular complexity index is 569. The normalized spacial score (nSPS) is 34.6. The molecule has 0 aliphatic heterocycles. The van der Waals surface area contributed by atoms with Crippen molar-refractivity contribution in [1.82, 2.24) is 0 Å². The molecule has 6 atom stereocenters. The van der Waals surface area contributed by atoms with Crippen LogP contribution in [0.1, 0.15) is 78.2 Å². The first-order valence-corrected chi connectivity index (χ1v) is 11.3. The molecule has 2 heteroatoms. The fourth-order valence-electron chi connectivity index (χ4n) is 6.15. The van der Waals surface area contributed by atoms with Crippen LogP contribution in [0.4, 0.5) is 0 Å². The van der Waals surface area contributed by atoms with Crippen molar-refractivity contribution < 1.29 is 9.84 Å². The zero-order valence-corrected chi connectivity index (χ0v) is 17.9. The maximum absolute atomic E-state index is 11.0. The molecule has 0 saturated heterocycles. The minimum atomic E-state index is -0.200. The lowest BCUT2D eigenvalue weighted by atomic mass is 9.61. The van der Waals surface area contributed by atoms with Gasteiger partial charge in [-0.3, -0.25) is 0 Å². The van der Waals surface area contributed by atoms with E-state index in [1.807, 2.05) is 6.07 Å². The third-order valence-corrected chi connectivity index (χ3v) is 7.56. The van der Waals surface area contributed by atoms with Gasteiger partial charge in [-0.2, -0.15) is 0 Å². The highest BCUT2D eigenvalue weighted by molar-refractivity contribution is 5.14. The summed E-state index contributed by atoms with van der Waals surface area (Å²) in [5.41, 5.74) is 1.46. The molecule has 2 saturated carbocycles. The van der Waals surface area contributed by atoms with Gasteiger partial charge in [-0.05, 0) is 48.0 Å². The lowest BCUT2D eigenvalue weighted by Crippen LogP contribution is -2.45. The first-order chi connectivity index (χ1) is 12.9. The predicted molar refractivity (Wildman–Crippen MR) is 112 cm³/mol. The van der Waals surface area contributed by atoms with Crippen molar-refractivity contribution in [1.29, 1.82) is 0 Å². The van der Waals surface area contributed by atoms with Crippen LogP contribution in [-0.2, 0) is 11.3 Å². The molecule has 0 unspecified atom stereocenters. The maximum atomic E-state index is 11.0. The van der Waals surface area contributed by atoms with Crippen molar-refractivity contribution in [3.63, 3.8) is 0 Å². The quantitative estimate of drug-likeness (QED) is 0.587. The molecular formula is C25H40O2. The Morgan fingerprint density at radius 3 is 2.59 bits per heavy atom. The van der Waals surface area contributed by atoms with Gasteiger partial charge in [0, 0.05) is 5.92 Å². The minimum Gasteiger partial charge on any atom is -0.393 e. The standard InChI is InChI=1S/C25H40O2/c1-18(2)10-8-11-19(3)21-16-22(26)24-23(14-9-15-25(21,24)4)27-17-20-12-6-5-7-13-20/h5-7,12-13,18-19,21-24,26H,8-11,14-17H2,1-4H3/t19-,21-,22-,23-,24-,25-/m1/s1. The number of fused-ring (bicyclic) bond motifs is 1. The minimum absolute atomic E-state index is 0.200. The zero-order valence-electron chi connectivity index (χ0n) is 17.9. The van der Waals surface area contributed by atoms with Crippen LogP contribution in [0.3, 0.4) is 0 Å². The second-order valence-electron chi connectivity index (χ2n) is 9.97. The van der Waals surface area contributed by atoms with Gasteiger partial charge < -0.3 is 9.84 Å². The fourth-order valence-corrected chi connectivity index (χ4v) is 6.15. The summed E-state index contributed by atoms with van der Waals surface area (Å²) in [6.45, 7) is 10.2. The van der Waals surface area contributed by atoms with Crippen LogP contribution in [0, 0.1) is 29.1 Å². The summed E-state index contributed by atoms with van der Waals surface area (Å²) in [6, 6.07) is 10.5. The van der Waals surface area contributed by atoms with E-state index in [9.17, 15) is 5.11 Å². The van der Waals surface area contributed by atoms with Crippen LogP contribution in [0.2, 0.25) is 0 Å². The number of benzene rings is 1. The van der Waals surface area contributed by atoms with Crippen LogP contribution in [0.15, 0.2) is 30.3 Å². The Labute approximate surface area is 166 Å². The van der Waals surface area contributed by atoms with E-state index in [0.717, 1.165) is 18.8 Å². The van der Waals surface area contributed by atoms with E-state index in [1.165, 1.54) is 37.7 Å². The predicted octanol–water partition coefficient (Wildman–Crippen LogP) is 6.22. The summed E-state index contributed by atoms with van der Waals surface area (Å²) in [4.78, 5) is 0. The van der Waals surface area contributed by atoms with Gasteiger partial charge in [0.05, 0.1) is 18.8 Å². The van der Waals surface area contributed by atoms with Crippen molar-refractivity contribution in [2.75, 3.05) is 0 Å². The van der Waals surface area contributed by atoms with E-state index in [1.54, 1.807) is 0 Å². The van der Waals surface area contributed by atoms with Crippen molar-refractivity contribution in [2.24, 2.45) is 29.1 Å². The Balaban J connectivity index is 1.64. The van der Waals surface area contributed by atoms with Gasteiger partial charge in [0.1, 0.15) is 0 Å². The number of hydrogen-bond donors (Lipinski definition) is 1. The molecule has 2 fully saturated rings. The van der Waals surface area contributed by atoms with Crippen LogP contribution in [-0.4, -0.2) is 17.3 Å². The number of hydrogen-bond acceptors (Lipinski definition) is 2. The average molecular weight is 373 g/mol. The molecule has 152 valence electrons. The highest BCUT2D eigenvalue weighted by Crippen LogP contribution is 2.59. The second-order valence-corrected chi connectivity index (χ2v) is 9.97. The molecular weight excluding hydrogens is 332 g/mol. The van der Waals surface area contributed by atoms with Gasteiger partial charge in [0.25, 0.3) is 0 Å². The Hall–Kier alpha value is -0.860. The average Bonchev–Trinajstić information content (AvgIpc) is 2.92. The smallest absolute Gasteiger partial charge is 0.0720 e. The van der Waals surface area contributed by atoms with Crippen LogP contribution in [0.25, 0.3) is 0 Å². The Kier molecular flexibility index (Phi) is 7.03. The molecule has 0 bridgehead atoms. The third kappa shape index (κ3) is 4.77. The molecule has 0 radical (unpaired) electrons. The lowest BCUT2D eigenvalue weighted by Gasteiger charge is -2.46. The summed E-state index contributed by atoms with van der Waals surface area (Å²) in [6.07, 6.45) is 8.48. The SMILES string of the molecule is CC(C)CCC[C@@H](C)[C@H]1C[C@@H](O)[C@@H]2[C@H](OCc3ccccc3)CCC[C@@]21C. The van der Waals surface area contributed by atoms with Gasteiger partial charge in [0.2, 0.25) is 0 Å². The summed E-state index contributed by atoms with van der Waals surface area (Å²) in [7, 11) is 0. The maximum Gasteiger partial charge on any atom is 0.0720 e. The molecule has 2 nitrogen and oxygen atoms in total. The van der Waals surface area contributed by atoms with Crippen LogP contribution in [0.5, 0.6) is 0 Å². The number of aliphatic hydroxyl groups is 1. The van der Waals surface area contributed by atoms with Crippen molar-refractivity contribution in [3.8, 4) is 0 Å². The molecule has 0 amide bonds. The zero-order chi connectivity index (χ0) is 19.4. The molecule has 0 heterocycles. The topological polar surface area (TPSA) is 29.5 Å². The van der Waals surface area contributed by atoms with E-state index in [2.05, 4.69) is 52.0 Å². The first kappa shape index (κ1) is 20.9. The summed E-state index contributed by atoms with van der Waals surface area (Å²) >= 11 is 0. The van der Waals surface area contributed by atoms with E-state index in [-0.39, 0.29) is 17.6 Å². The number of rotatable bonds is 8. The molecule has 1 aromatic carbocycles. The largest absolute Gasteiger partial charge is 0.393 e. The third-order valence-electron chi connectivity index (χ3n) is 7.56.